The van der Waals surface area contributed by atoms with E-state index in [2.05, 4.69) is 5.32 Å². The molecule has 3 aliphatic rings. The summed E-state index contributed by atoms with van der Waals surface area (Å²) < 4.78 is 0. The van der Waals surface area contributed by atoms with Crippen molar-refractivity contribution in [3.63, 3.8) is 0 Å². The smallest absolute Gasteiger partial charge is 0.353 e. The quantitative estimate of drug-likeness (QED) is 0.566. The van der Waals surface area contributed by atoms with Gasteiger partial charge in [-0.05, 0) is 20.3 Å². The maximum absolute atomic E-state index is 12.4. The van der Waals surface area contributed by atoms with Crippen LogP contribution in [0.5, 0.6) is 0 Å². The van der Waals surface area contributed by atoms with Crippen molar-refractivity contribution < 1.29 is 24.6 Å². The molecule has 3 rings (SSSR count). The number of aliphatic carboxylic acids is 1. The molecule has 2 fully saturated rings. The van der Waals surface area contributed by atoms with Crippen LogP contribution in [-0.2, 0) is 14.4 Å². The molecule has 3 heterocycles. The Balaban J connectivity index is 1.77. The maximum Gasteiger partial charge on any atom is 0.353 e. The minimum absolute atomic E-state index is 0.00656. The number of aliphatic hydroxyl groups excluding tert-OH is 1. The molecule has 3 N–H and O–H groups in total. The Kier molecular flexibility index (Phi) is 4.83. The first-order valence-corrected chi connectivity index (χ1v) is 9.55. The number of hydrogen-bond acceptors (Lipinski definition) is 6. The molecule has 5 unspecified atom stereocenters. The minimum atomic E-state index is -1.12. The second-order valence-corrected chi connectivity index (χ2v) is 9.07. The molecule has 9 heteroatoms. The molecule has 5 atom stereocenters. The Morgan fingerprint density at radius 2 is 2.08 bits per heavy atom. The van der Waals surface area contributed by atoms with E-state index in [1.54, 1.807) is 25.9 Å². The third-order valence-electron chi connectivity index (χ3n) is 5.50. The molecule has 0 aliphatic carbocycles. The third-order valence-corrected chi connectivity index (χ3v) is 6.81. The number of carbonyl (C=O) groups excluding carboxylic acids is 2. The fourth-order valence-corrected chi connectivity index (χ4v) is 5.89. The van der Waals surface area contributed by atoms with E-state index in [4.69, 9.17) is 0 Å². The summed E-state index contributed by atoms with van der Waals surface area (Å²) in [5.74, 6) is -2.03. The van der Waals surface area contributed by atoms with Gasteiger partial charge in [0, 0.05) is 37.2 Å². The monoisotopic (exact) mass is 383 g/mol. The van der Waals surface area contributed by atoms with Crippen LogP contribution in [0.3, 0.4) is 0 Å². The molecule has 3 aliphatic heterocycles. The summed E-state index contributed by atoms with van der Waals surface area (Å²) in [6.45, 7) is 4.00. The van der Waals surface area contributed by atoms with E-state index >= 15 is 0 Å². The van der Waals surface area contributed by atoms with Gasteiger partial charge >= 0.3 is 5.97 Å². The third kappa shape index (κ3) is 2.82. The van der Waals surface area contributed by atoms with Crippen molar-refractivity contribution in [1.29, 1.82) is 0 Å². The van der Waals surface area contributed by atoms with Gasteiger partial charge in [-0.25, -0.2) is 4.79 Å². The topological polar surface area (TPSA) is 110 Å². The van der Waals surface area contributed by atoms with E-state index in [9.17, 15) is 24.6 Å². The molecule has 0 spiro atoms. The normalized spacial score (nSPS) is 34.6. The van der Waals surface area contributed by atoms with E-state index in [1.807, 2.05) is 6.92 Å². The minimum Gasteiger partial charge on any atom is -0.477 e. The van der Waals surface area contributed by atoms with Crippen LogP contribution in [0.15, 0.2) is 10.6 Å². The van der Waals surface area contributed by atoms with E-state index in [0.717, 1.165) is 0 Å². The highest BCUT2D eigenvalue weighted by atomic mass is 32.2. The van der Waals surface area contributed by atoms with Crippen LogP contribution in [0.2, 0.25) is 0 Å². The zero-order chi connectivity index (χ0) is 19.4. The fraction of sp³-hybridized carbons (Fsp3) is 0.706. The first-order chi connectivity index (χ1) is 12.1. The number of amides is 2. The number of aliphatic hydroxyl groups is 1. The molecule has 8 nitrogen and oxygen atoms in total. The van der Waals surface area contributed by atoms with Crippen molar-refractivity contribution in [1.82, 2.24) is 15.1 Å². The molecule has 0 aromatic heterocycles. The van der Waals surface area contributed by atoms with Gasteiger partial charge in [-0.2, -0.15) is 0 Å². The van der Waals surface area contributed by atoms with E-state index in [1.165, 1.54) is 16.7 Å². The molecule has 144 valence electrons. The van der Waals surface area contributed by atoms with Gasteiger partial charge in [0.25, 0.3) is 0 Å². The molecule has 26 heavy (non-hydrogen) atoms. The van der Waals surface area contributed by atoms with E-state index < -0.39 is 23.5 Å². The molecule has 2 saturated heterocycles. The number of fused-ring (bicyclic) bond motifs is 1. The summed E-state index contributed by atoms with van der Waals surface area (Å²) in [4.78, 5) is 39.8. The number of β-lactam (4-membered cyclic amide) rings is 1. The highest BCUT2D eigenvalue weighted by Crippen LogP contribution is 2.55. The van der Waals surface area contributed by atoms with Gasteiger partial charge in [0.1, 0.15) is 5.70 Å². The zero-order valence-electron chi connectivity index (χ0n) is 15.4. The van der Waals surface area contributed by atoms with E-state index in [-0.39, 0.29) is 28.8 Å². The largest absolute Gasteiger partial charge is 0.477 e. The summed E-state index contributed by atoms with van der Waals surface area (Å²) in [6.07, 6.45) is 0.213. The second-order valence-electron chi connectivity index (χ2n) is 7.67. The lowest BCUT2D eigenvalue weighted by Gasteiger charge is -2.53. The van der Waals surface area contributed by atoms with Gasteiger partial charge in [-0.1, -0.05) is 0 Å². The Labute approximate surface area is 156 Å². The Bertz CT molecular complexity index is 692. The van der Waals surface area contributed by atoms with Crippen LogP contribution in [0.25, 0.3) is 0 Å². The summed E-state index contributed by atoms with van der Waals surface area (Å²) in [7, 11) is 3.42. The molecule has 0 aromatic carbocycles. The Morgan fingerprint density at radius 3 is 2.62 bits per heavy atom. The second kappa shape index (κ2) is 6.54. The first kappa shape index (κ1) is 19.2. The van der Waals surface area contributed by atoms with Gasteiger partial charge in [-0.15, -0.1) is 11.8 Å². The highest BCUT2D eigenvalue weighted by molar-refractivity contribution is 8.03. The van der Waals surface area contributed by atoms with Gasteiger partial charge in [0.2, 0.25) is 11.8 Å². The molecule has 0 aromatic rings. The lowest BCUT2D eigenvalue weighted by molar-refractivity contribution is -0.173. The lowest BCUT2D eigenvalue weighted by atomic mass is 9.71. The van der Waals surface area contributed by atoms with Crippen LogP contribution in [0.4, 0.5) is 0 Å². The number of carboxylic acid groups (broad SMARTS) is 1. The number of rotatable bonds is 5. The number of carbonyl (C=O) groups is 3. The van der Waals surface area contributed by atoms with Crippen molar-refractivity contribution in [3.05, 3.63) is 10.6 Å². The highest BCUT2D eigenvalue weighted by Gasteiger charge is 2.65. The maximum atomic E-state index is 12.4. The predicted molar refractivity (Wildman–Crippen MR) is 96.2 cm³/mol. The van der Waals surface area contributed by atoms with Crippen molar-refractivity contribution in [2.75, 3.05) is 20.6 Å². The molecule has 0 radical (unpaired) electrons. The number of nitrogens with zero attached hydrogens (tertiary/aromatic N) is 2. The summed E-state index contributed by atoms with van der Waals surface area (Å²) >= 11 is 1.44. The van der Waals surface area contributed by atoms with Crippen molar-refractivity contribution >= 4 is 29.5 Å². The summed E-state index contributed by atoms with van der Waals surface area (Å²) in [6, 6.07) is -0.266. The summed E-state index contributed by atoms with van der Waals surface area (Å²) in [5.41, 5.74) is -0.659. The number of carboxylic acids is 1. The zero-order valence-corrected chi connectivity index (χ0v) is 16.2. The van der Waals surface area contributed by atoms with Crippen molar-refractivity contribution in [2.45, 2.75) is 49.6 Å². The average Bonchev–Trinajstić information content (AvgIpc) is 3.07. The lowest BCUT2D eigenvalue weighted by Crippen LogP contribution is -2.69. The number of likely N-dealkylation sites (N-methyl/N-ethyl adjacent to an activating group) is 1. The molecule has 2 amide bonds. The van der Waals surface area contributed by atoms with Gasteiger partial charge < -0.3 is 20.4 Å². The first-order valence-electron chi connectivity index (χ1n) is 8.67. The molecular weight excluding hydrogens is 358 g/mol. The van der Waals surface area contributed by atoms with Gasteiger partial charge in [-0.3, -0.25) is 14.5 Å². The van der Waals surface area contributed by atoms with Crippen LogP contribution in [0, 0.1) is 5.92 Å². The molecular formula is C17H25N3O5S. The Hall–Kier alpha value is -1.58. The molecule has 0 saturated carbocycles. The summed E-state index contributed by atoms with van der Waals surface area (Å²) in [5, 5.41) is 22.8. The standard InChI is InChI=1S/C17H25N3O5S/c1-8(21)12-15(23)20-13(16(24)25)11(6-17(12,20)2)26-9-5-10(18-7-9)14(22)19(3)4/h8-10,12,18,21H,5-7H2,1-4H3,(H,24,25). The fourth-order valence-electron chi connectivity index (χ4n) is 4.35. The van der Waals surface area contributed by atoms with Crippen molar-refractivity contribution in [3.8, 4) is 0 Å². The van der Waals surface area contributed by atoms with Crippen LogP contribution in [-0.4, -0.2) is 81.4 Å². The van der Waals surface area contributed by atoms with E-state index in [0.29, 0.717) is 24.3 Å². The number of hydrogen-bond donors (Lipinski definition) is 3. The SMILES string of the molecule is CC(O)C1C(=O)N2C(C(=O)O)=C(SC3CNC(C(=O)N(C)C)C3)CC12C. The average molecular weight is 383 g/mol. The van der Waals surface area contributed by atoms with Crippen LogP contribution >= 0.6 is 11.8 Å². The molecule has 0 bridgehead atoms. The predicted octanol–water partition coefficient (Wildman–Crippen LogP) is -0.164. The van der Waals surface area contributed by atoms with Crippen LogP contribution in [0.1, 0.15) is 26.7 Å². The Morgan fingerprint density at radius 1 is 1.42 bits per heavy atom. The van der Waals surface area contributed by atoms with Gasteiger partial charge in [0.05, 0.1) is 23.6 Å². The van der Waals surface area contributed by atoms with Crippen LogP contribution < -0.4 is 5.32 Å². The van der Waals surface area contributed by atoms with Crippen molar-refractivity contribution in [2.24, 2.45) is 5.92 Å². The number of thioether (sulfide) groups is 1. The van der Waals surface area contributed by atoms with Gasteiger partial charge in [0.15, 0.2) is 0 Å². The number of nitrogens with one attached hydrogen (secondary N) is 1.